The summed E-state index contributed by atoms with van der Waals surface area (Å²) in [6.45, 7) is 2.23. The van der Waals surface area contributed by atoms with E-state index in [0.29, 0.717) is 6.04 Å². The Morgan fingerprint density at radius 3 is 2.67 bits per heavy atom. The minimum Gasteiger partial charge on any atom is -0.324 e. The maximum atomic E-state index is 5.66. The fourth-order valence-electron chi connectivity index (χ4n) is 1.24. The van der Waals surface area contributed by atoms with Gasteiger partial charge >= 0.3 is 0 Å². The average molecular weight is 125 g/mol. The maximum Gasteiger partial charge on any atom is 0.0223 e. The normalized spacial score (nSPS) is 34.9. The molecule has 0 saturated carbocycles. The van der Waals surface area contributed by atoms with Gasteiger partial charge in [-0.15, -0.1) is 0 Å². The van der Waals surface area contributed by atoms with Gasteiger partial charge in [-0.05, 0) is 25.2 Å². The first kappa shape index (κ1) is 6.81. The smallest absolute Gasteiger partial charge is 0.0223 e. The molecule has 0 aliphatic heterocycles. The Balaban J connectivity index is 2.38. The molecule has 2 N–H and O–H groups in total. The van der Waals surface area contributed by atoms with E-state index in [4.69, 9.17) is 5.73 Å². The van der Waals surface area contributed by atoms with Gasteiger partial charge in [-0.3, -0.25) is 0 Å². The maximum absolute atomic E-state index is 5.66. The van der Waals surface area contributed by atoms with Crippen LogP contribution >= 0.6 is 0 Å². The molecule has 0 spiro atoms. The molecule has 2 atom stereocenters. The summed E-state index contributed by atoms with van der Waals surface area (Å²) in [6.07, 6.45) is 8.12. The van der Waals surface area contributed by atoms with E-state index in [1.807, 2.05) is 0 Å². The molecule has 0 saturated heterocycles. The van der Waals surface area contributed by atoms with Crippen molar-refractivity contribution < 1.29 is 0 Å². The van der Waals surface area contributed by atoms with Crippen molar-refractivity contribution in [3.8, 4) is 0 Å². The van der Waals surface area contributed by atoms with E-state index in [2.05, 4.69) is 19.1 Å². The van der Waals surface area contributed by atoms with Crippen molar-refractivity contribution in [2.24, 2.45) is 11.7 Å². The Labute approximate surface area is 56.9 Å². The van der Waals surface area contributed by atoms with Crippen LogP contribution in [0.2, 0.25) is 0 Å². The number of hydrogen-bond donors (Lipinski definition) is 1. The van der Waals surface area contributed by atoms with Crippen LogP contribution in [0.1, 0.15) is 26.2 Å². The Morgan fingerprint density at radius 2 is 2.22 bits per heavy atom. The van der Waals surface area contributed by atoms with Crippen LogP contribution in [0.3, 0.4) is 0 Å². The zero-order chi connectivity index (χ0) is 6.69. The molecule has 0 bridgehead atoms. The highest BCUT2D eigenvalue weighted by atomic mass is 14.6. The van der Waals surface area contributed by atoms with E-state index in [1.54, 1.807) is 0 Å². The number of allylic oxidation sites excluding steroid dienone is 1. The van der Waals surface area contributed by atoms with E-state index in [9.17, 15) is 0 Å². The fraction of sp³-hybridized carbons (Fsp3) is 0.750. The fourth-order valence-corrected chi connectivity index (χ4v) is 1.24. The third-order valence-electron chi connectivity index (χ3n) is 2.03. The van der Waals surface area contributed by atoms with Crippen molar-refractivity contribution in [2.75, 3.05) is 0 Å². The molecule has 1 aliphatic rings. The first-order chi connectivity index (χ1) is 4.33. The van der Waals surface area contributed by atoms with Crippen LogP contribution in [-0.2, 0) is 0 Å². The first-order valence-corrected chi connectivity index (χ1v) is 3.77. The van der Waals surface area contributed by atoms with Gasteiger partial charge in [-0.1, -0.05) is 19.1 Å². The molecule has 2 unspecified atom stereocenters. The first-order valence-electron chi connectivity index (χ1n) is 3.77. The molecular formula is C8H15N. The summed E-state index contributed by atoms with van der Waals surface area (Å²) in [5.74, 6) is 0.810. The van der Waals surface area contributed by atoms with Crippen molar-refractivity contribution >= 4 is 0 Å². The molecule has 0 aromatic heterocycles. The molecule has 0 aromatic rings. The van der Waals surface area contributed by atoms with Crippen molar-refractivity contribution in [2.45, 2.75) is 32.2 Å². The molecular weight excluding hydrogens is 110 g/mol. The Kier molecular flexibility index (Phi) is 2.29. The predicted molar refractivity (Wildman–Crippen MR) is 40.1 cm³/mol. The summed E-state index contributed by atoms with van der Waals surface area (Å²) in [7, 11) is 0. The molecule has 0 radical (unpaired) electrons. The second-order valence-electron chi connectivity index (χ2n) is 2.79. The van der Waals surface area contributed by atoms with Gasteiger partial charge in [-0.25, -0.2) is 0 Å². The summed E-state index contributed by atoms with van der Waals surface area (Å²) in [4.78, 5) is 0. The summed E-state index contributed by atoms with van der Waals surface area (Å²) in [5, 5.41) is 0. The Bertz CT molecular complexity index is 107. The van der Waals surface area contributed by atoms with Gasteiger partial charge in [0.25, 0.3) is 0 Å². The quantitative estimate of drug-likeness (QED) is 0.530. The number of hydrogen-bond acceptors (Lipinski definition) is 1. The topological polar surface area (TPSA) is 26.0 Å². The van der Waals surface area contributed by atoms with E-state index in [1.165, 1.54) is 19.3 Å². The zero-order valence-electron chi connectivity index (χ0n) is 6.01. The van der Waals surface area contributed by atoms with Gasteiger partial charge in [0.15, 0.2) is 0 Å². The van der Waals surface area contributed by atoms with Gasteiger partial charge in [-0.2, -0.15) is 0 Å². The predicted octanol–water partition coefficient (Wildman–Crippen LogP) is 1.69. The minimum atomic E-state index is 0.341. The number of rotatable bonds is 1. The van der Waals surface area contributed by atoms with Gasteiger partial charge < -0.3 is 5.73 Å². The van der Waals surface area contributed by atoms with Gasteiger partial charge in [0, 0.05) is 6.04 Å². The molecule has 0 heterocycles. The lowest BCUT2D eigenvalue weighted by Gasteiger charge is -2.17. The summed E-state index contributed by atoms with van der Waals surface area (Å²) in [6, 6.07) is 0.341. The molecule has 0 fully saturated rings. The third-order valence-corrected chi connectivity index (χ3v) is 2.03. The van der Waals surface area contributed by atoms with Crippen LogP contribution in [0.5, 0.6) is 0 Å². The van der Waals surface area contributed by atoms with Crippen LogP contribution in [0.15, 0.2) is 12.2 Å². The van der Waals surface area contributed by atoms with E-state index < -0.39 is 0 Å². The lowest BCUT2D eigenvalue weighted by Crippen LogP contribution is -2.21. The van der Waals surface area contributed by atoms with Gasteiger partial charge in [0.05, 0.1) is 0 Å². The van der Waals surface area contributed by atoms with Crippen LogP contribution < -0.4 is 5.73 Å². The molecule has 1 rings (SSSR count). The van der Waals surface area contributed by atoms with Crippen LogP contribution in [0, 0.1) is 5.92 Å². The molecule has 0 aromatic carbocycles. The number of nitrogens with two attached hydrogens (primary N) is 1. The van der Waals surface area contributed by atoms with E-state index in [-0.39, 0.29) is 0 Å². The standard InChI is InChI=1S/C8H15N/c1-2-7-3-5-8(9)6-4-7/h3,5,7-8H,2,4,6,9H2,1H3. The molecule has 52 valence electrons. The second kappa shape index (κ2) is 3.02. The monoisotopic (exact) mass is 125 g/mol. The summed E-state index contributed by atoms with van der Waals surface area (Å²) in [5.41, 5.74) is 5.66. The highest BCUT2D eigenvalue weighted by Gasteiger charge is 2.09. The highest BCUT2D eigenvalue weighted by Crippen LogP contribution is 2.18. The van der Waals surface area contributed by atoms with Crippen LogP contribution in [0.25, 0.3) is 0 Å². The minimum absolute atomic E-state index is 0.341. The largest absolute Gasteiger partial charge is 0.324 e. The SMILES string of the molecule is CCC1C=CC(N)CC1. The molecule has 0 amide bonds. The van der Waals surface area contributed by atoms with Crippen molar-refractivity contribution in [3.63, 3.8) is 0 Å². The Morgan fingerprint density at radius 1 is 1.44 bits per heavy atom. The third kappa shape index (κ3) is 1.83. The van der Waals surface area contributed by atoms with Gasteiger partial charge in [0.2, 0.25) is 0 Å². The van der Waals surface area contributed by atoms with Gasteiger partial charge in [0.1, 0.15) is 0 Å². The highest BCUT2D eigenvalue weighted by molar-refractivity contribution is 4.99. The van der Waals surface area contributed by atoms with Crippen LogP contribution in [0.4, 0.5) is 0 Å². The Hall–Kier alpha value is -0.300. The molecule has 1 nitrogen and oxygen atoms in total. The lowest BCUT2D eigenvalue weighted by molar-refractivity contribution is 0.497. The molecule has 1 heteroatoms. The van der Waals surface area contributed by atoms with Crippen LogP contribution in [-0.4, -0.2) is 6.04 Å². The van der Waals surface area contributed by atoms with E-state index in [0.717, 1.165) is 5.92 Å². The summed E-state index contributed by atoms with van der Waals surface area (Å²) >= 11 is 0. The van der Waals surface area contributed by atoms with Crippen molar-refractivity contribution in [1.29, 1.82) is 0 Å². The zero-order valence-corrected chi connectivity index (χ0v) is 6.01. The lowest BCUT2D eigenvalue weighted by atomic mass is 9.92. The molecule has 1 aliphatic carbocycles. The van der Waals surface area contributed by atoms with Crippen molar-refractivity contribution in [3.05, 3.63) is 12.2 Å². The second-order valence-corrected chi connectivity index (χ2v) is 2.79. The molecule has 9 heavy (non-hydrogen) atoms. The van der Waals surface area contributed by atoms with E-state index >= 15 is 0 Å². The van der Waals surface area contributed by atoms with Crippen molar-refractivity contribution in [1.82, 2.24) is 0 Å². The average Bonchev–Trinajstić information content (AvgIpc) is 1.90. The summed E-state index contributed by atoms with van der Waals surface area (Å²) < 4.78 is 0.